The Bertz CT molecular complexity index is 269. The molecule has 0 aromatic carbocycles. The molecule has 0 radical (unpaired) electrons. The number of rotatable bonds is 2. The average molecular weight is 156 g/mol. The van der Waals surface area contributed by atoms with Crippen LogP contribution in [-0.4, -0.2) is 16.0 Å². The van der Waals surface area contributed by atoms with Crippen LogP contribution >= 0.6 is 0 Å². The molecule has 1 atom stereocenters. The van der Waals surface area contributed by atoms with Gasteiger partial charge in [-0.05, 0) is 12.1 Å². The van der Waals surface area contributed by atoms with Crippen molar-refractivity contribution >= 4 is 11.9 Å². The topological polar surface area (TPSA) is 108 Å². The van der Waals surface area contributed by atoms with Gasteiger partial charge in [-0.3, -0.25) is 4.79 Å². The van der Waals surface area contributed by atoms with Crippen molar-refractivity contribution in [1.29, 1.82) is 0 Å². The number of nitrogens with two attached hydrogens (primary N) is 2. The predicted octanol–water partition coefficient (Wildman–Crippen LogP) is -0.759. The van der Waals surface area contributed by atoms with E-state index < -0.39 is 11.8 Å². The summed E-state index contributed by atoms with van der Waals surface area (Å²) in [4.78, 5) is 14.2. The first-order chi connectivity index (χ1) is 5.11. The van der Waals surface area contributed by atoms with Gasteiger partial charge in [0.25, 0.3) is 5.95 Å². The van der Waals surface area contributed by atoms with Crippen molar-refractivity contribution in [2.45, 2.75) is 12.8 Å². The lowest BCUT2D eigenvalue weighted by molar-refractivity contribution is -0.119. The lowest BCUT2D eigenvalue weighted by Crippen LogP contribution is -2.18. The Balaban J connectivity index is 2.84. The maximum Gasteiger partial charge on any atom is 0.260 e. The summed E-state index contributed by atoms with van der Waals surface area (Å²) in [5, 5.41) is 3.30. The Hall–Kier alpha value is -1.59. The van der Waals surface area contributed by atoms with Gasteiger partial charge in [0.1, 0.15) is 5.92 Å². The molecule has 0 aliphatic heterocycles. The number of nitrogen functional groups attached to an aromatic ring is 1. The van der Waals surface area contributed by atoms with Crippen LogP contribution < -0.4 is 11.5 Å². The molecule has 0 aliphatic rings. The van der Waals surface area contributed by atoms with Crippen molar-refractivity contribution in [3.63, 3.8) is 0 Å². The number of amides is 1. The van der Waals surface area contributed by atoms with Crippen LogP contribution in [0.15, 0.2) is 4.52 Å². The minimum absolute atomic E-state index is 0.00750. The summed E-state index contributed by atoms with van der Waals surface area (Å²) in [5.41, 5.74) is 10.1. The van der Waals surface area contributed by atoms with Crippen molar-refractivity contribution in [3.8, 4) is 0 Å². The summed E-state index contributed by atoms with van der Waals surface area (Å²) in [7, 11) is 0. The SMILES string of the molecule is CC(C(N)=O)c1nc(N)no1. The minimum Gasteiger partial charge on any atom is -0.369 e. The van der Waals surface area contributed by atoms with Crippen LogP contribution in [0.4, 0.5) is 5.95 Å². The second kappa shape index (κ2) is 2.57. The number of carbonyl (C=O) groups is 1. The first-order valence-corrected chi connectivity index (χ1v) is 2.99. The summed E-state index contributed by atoms with van der Waals surface area (Å²) in [6, 6.07) is 0. The van der Waals surface area contributed by atoms with Crippen LogP contribution in [0.2, 0.25) is 0 Å². The summed E-state index contributed by atoms with van der Waals surface area (Å²) in [6.07, 6.45) is 0. The molecule has 11 heavy (non-hydrogen) atoms. The number of hydrogen-bond donors (Lipinski definition) is 2. The molecule has 0 bridgehead atoms. The van der Waals surface area contributed by atoms with Crippen molar-refractivity contribution in [1.82, 2.24) is 10.1 Å². The van der Waals surface area contributed by atoms with Gasteiger partial charge < -0.3 is 16.0 Å². The fourth-order valence-corrected chi connectivity index (χ4v) is 0.545. The number of aromatic nitrogens is 2. The molecule has 1 amide bonds. The molecule has 60 valence electrons. The largest absolute Gasteiger partial charge is 0.369 e. The lowest BCUT2D eigenvalue weighted by Gasteiger charge is -1.97. The smallest absolute Gasteiger partial charge is 0.260 e. The van der Waals surface area contributed by atoms with Crippen LogP contribution in [0.5, 0.6) is 0 Å². The first kappa shape index (κ1) is 7.52. The number of hydrogen-bond acceptors (Lipinski definition) is 5. The molecule has 1 aromatic heterocycles. The number of nitrogens with zero attached hydrogens (tertiary/aromatic N) is 2. The van der Waals surface area contributed by atoms with E-state index >= 15 is 0 Å². The van der Waals surface area contributed by atoms with E-state index in [0.717, 1.165) is 0 Å². The third-order valence-electron chi connectivity index (χ3n) is 1.25. The lowest BCUT2D eigenvalue weighted by atomic mass is 10.2. The fourth-order valence-electron chi connectivity index (χ4n) is 0.545. The van der Waals surface area contributed by atoms with E-state index in [2.05, 4.69) is 14.7 Å². The predicted molar refractivity (Wildman–Crippen MR) is 36.3 cm³/mol. The second-order valence-corrected chi connectivity index (χ2v) is 2.11. The summed E-state index contributed by atoms with van der Waals surface area (Å²) in [6.45, 7) is 1.56. The third kappa shape index (κ3) is 1.46. The summed E-state index contributed by atoms with van der Waals surface area (Å²) < 4.78 is 4.60. The van der Waals surface area contributed by atoms with Crippen LogP contribution in [0.25, 0.3) is 0 Å². The van der Waals surface area contributed by atoms with Crippen molar-refractivity contribution in [3.05, 3.63) is 5.89 Å². The molecular weight excluding hydrogens is 148 g/mol. The fraction of sp³-hybridized carbons (Fsp3) is 0.400. The Morgan fingerprint density at radius 2 is 2.36 bits per heavy atom. The van der Waals surface area contributed by atoms with Crippen molar-refractivity contribution in [2.24, 2.45) is 5.73 Å². The quantitative estimate of drug-likeness (QED) is 0.585. The highest BCUT2D eigenvalue weighted by molar-refractivity contribution is 5.80. The molecule has 6 heteroatoms. The maximum absolute atomic E-state index is 10.6. The van der Waals surface area contributed by atoms with Gasteiger partial charge in [0.05, 0.1) is 0 Å². The van der Waals surface area contributed by atoms with Gasteiger partial charge in [-0.15, -0.1) is 0 Å². The van der Waals surface area contributed by atoms with E-state index in [0.29, 0.717) is 0 Å². The molecule has 0 saturated carbocycles. The van der Waals surface area contributed by atoms with Gasteiger partial charge in [-0.25, -0.2) is 0 Å². The molecule has 0 aliphatic carbocycles. The zero-order valence-corrected chi connectivity index (χ0v) is 5.94. The molecular formula is C5H8N4O2. The standard InChI is InChI=1S/C5H8N4O2/c1-2(3(6)10)4-8-5(7)9-11-4/h2H,1H3,(H2,6,10)(H2,7,9). The highest BCUT2D eigenvalue weighted by Crippen LogP contribution is 2.11. The van der Waals surface area contributed by atoms with Gasteiger partial charge in [0.2, 0.25) is 11.8 Å². The Labute approximate surface area is 62.6 Å². The Morgan fingerprint density at radius 1 is 1.73 bits per heavy atom. The molecule has 1 unspecified atom stereocenters. The highest BCUT2D eigenvalue weighted by atomic mass is 16.5. The van der Waals surface area contributed by atoms with Crippen LogP contribution in [0.1, 0.15) is 18.7 Å². The highest BCUT2D eigenvalue weighted by Gasteiger charge is 2.17. The zero-order chi connectivity index (χ0) is 8.43. The summed E-state index contributed by atoms with van der Waals surface area (Å²) in [5.74, 6) is -0.948. The normalized spacial score (nSPS) is 12.8. The molecule has 0 fully saturated rings. The summed E-state index contributed by atoms with van der Waals surface area (Å²) >= 11 is 0. The van der Waals surface area contributed by atoms with Gasteiger partial charge in [0.15, 0.2) is 0 Å². The second-order valence-electron chi connectivity index (χ2n) is 2.11. The number of anilines is 1. The Kier molecular flexibility index (Phi) is 1.75. The molecule has 6 nitrogen and oxygen atoms in total. The van der Waals surface area contributed by atoms with E-state index in [4.69, 9.17) is 11.5 Å². The van der Waals surface area contributed by atoms with Gasteiger partial charge in [-0.2, -0.15) is 4.98 Å². The van der Waals surface area contributed by atoms with Crippen LogP contribution in [-0.2, 0) is 4.79 Å². The molecule has 1 aromatic rings. The van der Waals surface area contributed by atoms with E-state index in [1.54, 1.807) is 6.92 Å². The maximum atomic E-state index is 10.6. The average Bonchev–Trinajstić information content (AvgIpc) is 2.34. The molecule has 1 rings (SSSR count). The number of carbonyl (C=O) groups excluding carboxylic acids is 1. The van der Waals surface area contributed by atoms with E-state index in [-0.39, 0.29) is 11.8 Å². The zero-order valence-electron chi connectivity index (χ0n) is 5.94. The van der Waals surface area contributed by atoms with Crippen molar-refractivity contribution < 1.29 is 9.32 Å². The van der Waals surface area contributed by atoms with Gasteiger partial charge in [-0.1, -0.05) is 0 Å². The van der Waals surface area contributed by atoms with E-state index in [9.17, 15) is 4.79 Å². The third-order valence-corrected chi connectivity index (χ3v) is 1.25. The number of primary amides is 1. The minimum atomic E-state index is -0.584. The van der Waals surface area contributed by atoms with Crippen LogP contribution in [0.3, 0.4) is 0 Å². The van der Waals surface area contributed by atoms with Crippen molar-refractivity contribution in [2.75, 3.05) is 5.73 Å². The monoisotopic (exact) mass is 156 g/mol. The first-order valence-electron chi connectivity index (χ1n) is 2.99. The Morgan fingerprint density at radius 3 is 2.73 bits per heavy atom. The van der Waals surface area contributed by atoms with Gasteiger partial charge in [0, 0.05) is 0 Å². The molecule has 0 saturated heterocycles. The van der Waals surface area contributed by atoms with Gasteiger partial charge >= 0.3 is 0 Å². The van der Waals surface area contributed by atoms with E-state index in [1.165, 1.54) is 0 Å². The molecule has 4 N–H and O–H groups in total. The van der Waals surface area contributed by atoms with E-state index in [1.807, 2.05) is 0 Å². The molecule has 1 heterocycles. The molecule has 0 spiro atoms. The van der Waals surface area contributed by atoms with Crippen LogP contribution in [0, 0.1) is 0 Å².